The molecule has 0 atom stereocenters. The Labute approximate surface area is 77.2 Å². The Kier molecular flexibility index (Phi) is 2.64. The molecule has 1 heterocycles. The quantitative estimate of drug-likeness (QED) is 0.761. The van der Waals surface area contributed by atoms with Crippen LogP contribution in [0.4, 0.5) is 8.78 Å². The summed E-state index contributed by atoms with van der Waals surface area (Å²) in [5.74, 6) is -1.52. The molecule has 0 aromatic carbocycles. The Bertz CT molecular complexity index is 425. The smallest absolute Gasteiger partial charge is 0.341 e. The lowest BCUT2D eigenvalue weighted by Gasteiger charge is -2.04. The van der Waals surface area contributed by atoms with Crippen LogP contribution < -0.4 is 5.43 Å². The standard InChI is InChI=1S/C8H7F2NO3/c1-3-5(7(9)10)6(12)4(2-11-3)8(13)14/h2,7H,1H3,(H,11,12)(H,13,14). The largest absolute Gasteiger partial charge is 0.477 e. The van der Waals surface area contributed by atoms with E-state index in [9.17, 15) is 18.4 Å². The molecule has 0 radical (unpaired) electrons. The highest BCUT2D eigenvalue weighted by molar-refractivity contribution is 5.87. The number of halogens is 2. The first-order valence-electron chi connectivity index (χ1n) is 3.68. The molecule has 0 spiro atoms. The van der Waals surface area contributed by atoms with Crippen molar-refractivity contribution in [3.05, 3.63) is 33.2 Å². The highest BCUT2D eigenvalue weighted by Crippen LogP contribution is 2.17. The zero-order valence-electron chi connectivity index (χ0n) is 7.17. The molecule has 0 aliphatic carbocycles. The number of aromatic carboxylic acids is 1. The van der Waals surface area contributed by atoms with E-state index < -0.39 is 29.0 Å². The number of carboxylic acids is 1. The van der Waals surface area contributed by atoms with Gasteiger partial charge in [-0.1, -0.05) is 0 Å². The number of carboxylic acid groups (broad SMARTS) is 1. The molecule has 0 bridgehead atoms. The lowest BCUT2D eigenvalue weighted by Crippen LogP contribution is -2.21. The number of carbonyl (C=O) groups is 1. The van der Waals surface area contributed by atoms with Crippen molar-refractivity contribution in [1.82, 2.24) is 4.98 Å². The third-order valence-corrected chi connectivity index (χ3v) is 1.77. The zero-order valence-corrected chi connectivity index (χ0v) is 7.17. The van der Waals surface area contributed by atoms with Crippen LogP contribution in [0, 0.1) is 6.92 Å². The molecule has 0 aliphatic heterocycles. The minimum atomic E-state index is -2.97. The fourth-order valence-corrected chi connectivity index (χ4v) is 1.06. The summed E-state index contributed by atoms with van der Waals surface area (Å²) < 4.78 is 24.6. The number of rotatable bonds is 2. The van der Waals surface area contributed by atoms with Crippen LogP contribution in [0.25, 0.3) is 0 Å². The van der Waals surface area contributed by atoms with Crippen LogP contribution in [-0.2, 0) is 0 Å². The van der Waals surface area contributed by atoms with Gasteiger partial charge in [-0.3, -0.25) is 4.79 Å². The maximum atomic E-state index is 12.3. The first-order chi connectivity index (χ1) is 6.45. The molecule has 14 heavy (non-hydrogen) atoms. The minimum absolute atomic E-state index is 0.0185. The lowest BCUT2D eigenvalue weighted by molar-refractivity contribution is 0.0694. The van der Waals surface area contributed by atoms with Gasteiger partial charge in [0.05, 0.1) is 5.56 Å². The second kappa shape index (κ2) is 3.57. The molecule has 0 fully saturated rings. The molecule has 76 valence electrons. The Morgan fingerprint density at radius 2 is 2.14 bits per heavy atom. The second-order valence-corrected chi connectivity index (χ2v) is 2.68. The molecule has 0 unspecified atom stereocenters. The molecule has 0 amide bonds. The van der Waals surface area contributed by atoms with Crippen molar-refractivity contribution in [2.45, 2.75) is 13.3 Å². The molecule has 0 aliphatic rings. The summed E-state index contributed by atoms with van der Waals surface area (Å²) in [4.78, 5) is 23.9. The van der Waals surface area contributed by atoms with Gasteiger partial charge in [0.25, 0.3) is 6.43 Å². The number of nitrogens with one attached hydrogen (secondary N) is 1. The number of aryl methyl sites for hydroxylation is 1. The van der Waals surface area contributed by atoms with Gasteiger partial charge < -0.3 is 10.1 Å². The number of aromatic amines is 1. The van der Waals surface area contributed by atoms with E-state index in [4.69, 9.17) is 5.11 Å². The first-order valence-corrected chi connectivity index (χ1v) is 3.68. The van der Waals surface area contributed by atoms with Crippen LogP contribution in [-0.4, -0.2) is 16.1 Å². The number of hydrogen-bond acceptors (Lipinski definition) is 2. The Morgan fingerprint density at radius 1 is 1.57 bits per heavy atom. The molecule has 2 N–H and O–H groups in total. The molecule has 4 nitrogen and oxygen atoms in total. The molecule has 1 aromatic heterocycles. The third kappa shape index (κ3) is 1.63. The molecule has 0 saturated heterocycles. The minimum Gasteiger partial charge on any atom is -0.477 e. The second-order valence-electron chi connectivity index (χ2n) is 2.68. The number of aromatic nitrogens is 1. The number of hydrogen-bond donors (Lipinski definition) is 2. The monoisotopic (exact) mass is 203 g/mol. The summed E-state index contributed by atoms with van der Waals surface area (Å²) >= 11 is 0. The fourth-order valence-electron chi connectivity index (χ4n) is 1.06. The van der Waals surface area contributed by atoms with E-state index in [0.29, 0.717) is 0 Å². The van der Waals surface area contributed by atoms with Crippen LogP contribution in [0.2, 0.25) is 0 Å². The molecular weight excluding hydrogens is 196 g/mol. The van der Waals surface area contributed by atoms with Crippen LogP contribution in [0.3, 0.4) is 0 Å². The van der Waals surface area contributed by atoms with Crippen molar-refractivity contribution in [3.63, 3.8) is 0 Å². The van der Waals surface area contributed by atoms with E-state index in [1.807, 2.05) is 0 Å². The highest BCUT2D eigenvalue weighted by atomic mass is 19.3. The van der Waals surface area contributed by atoms with E-state index in [1.165, 1.54) is 6.92 Å². The normalized spacial score (nSPS) is 10.6. The maximum absolute atomic E-state index is 12.3. The average Bonchev–Trinajstić information content (AvgIpc) is 2.02. The van der Waals surface area contributed by atoms with Gasteiger partial charge in [0, 0.05) is 11.9 Å². The number of pyridine rings is 1. The lowest BCUT2D eigenvalue weighted by atomic mass is 10.1. The van der Waals surface area contributed by atoms with Crippen molar-refractivity contribution in [3.8, 4) is 0 Å². The summed E-state index contributed by atoms with van der Waals surface area (Å²) in [5, 5.41) is 8.50. The van der Waals surface area contributed by atoms with Crippen molar-refractivity contribution in [2.24, 2.45) is 0 Å². The van der Waals surface area contributed by atoms with Gasteiger partial charge >= 0.3 is 5.97 Å². The number of H-pyrrole nitrogens is 1. The summed E-state index contributed by atoms with van der Waals surface area (Å²) in [6, 6.07) is 0. The van der Waals surface area contributed by atoms with E-state index in [0.717, 1.165) is 6.20 Å². The topological polar surface area (TPSA) is 70.2 Å². The van der Waals surface area contributed by atoms with Crippen LogP contribution in [0.15, 0.2) is 11.0 Å². The van der Waals surface area contributed by atoms with E-state index in [2.05, 4.69) is 4.98 Å². The maximum Gasteiger partial charge on any atom is 0.341 e. The molecule has 0 saturated carbocycles. The zero-order chi connectivity index (χ0) is 10.9. The summed E-state index contributed by atoms with van der Waals surface area (Å²) in [5.41, 5.74) is -2.62. The van der Waals surface area contributed by atoms with Crippen molar-refractivity contribution < 1.29 is 18.7 Å². The van der Waals surface area contributed by atoms with Gasteiger partial charge in [-0.25, -0.2) is 13.6 Å². The Balaban J connectivity index is 3.50. The molecule has 6 heteroatoms. The van der Waals surface area contributed by atoms with Crippen LogP contribution in [0.5, 0.6) is 0 Å². The fraction of sp³-hybridized carbons (Fsp3) is 0.250. The van der Waals surface area contributed by atoms with E-state index in [1.54, 1.807) is 0 Å². The highest BCUT2D eigenvalue weighted by Gasteiger charge is 2.20. The van der Waals surface area contributed by atoms with Crippen LogP contribution in [0.1, 0.15) is 28.0 Å². The van der Waals surface area contributed by atoms with Crippen LogP contribution >= 0.6 is 0 Å². The molecule has 1 rings (SSSR count). The van der Waals surface area contributed by atoms with Gasteiger partial charge in [0.2, 0.25) is 5.43 Å². The molecular formula is C8H7F2NO3. The van der Waals surface area contributed by atoms with E-state index >= 15 is 0 Å². The first kappa shape index (κ1) is 10.4. The number of alkyl halides is 2. The van der Waals surface area contributed by atoms with Crippen molar-refractivity contribution in [1.29, 1.82) is 0 Å². The van der Waals surface area contributed by atoms with Gasteiger partial charge in [0.1, 0.15) is 5.56 Å². The third-order valence-electron chi connectivity index (χ3n) is 1.77. The summed E-state index contributed by atoms with van der Waals surface area (Å²) in [6.45, 7) is 1.29. The predicted molar refractivity (Wildman–Crippen MR) is 43.7 cm³/mol. The summed E-state index contributed by atoms with van der Waals surface area (Å²) in [7, 11) is 0. The molecule has 1 aromatic rings. The van der Waals surface area contributed by atoms with Gasteiger partial charge in [0.15, 0.2) is 0 Å². The predicted octanol–water partition coefficient (Wildman–Crippen LogP) is 1.32. The SMILES string of the molecule is Cc1[nH]cc(C(=O)O)c(=O)c1C(F)F. The Morgan fingerprint density at radius 3 is 2.57 bits per heavy atom. The van der Waals surface area contributed by atoms with Gasteiger partial charge in [-0.05, 0) is 6.92 Å². The van der Waals surface area contributed by atoms with E-state index in [-0.39, 0.29) is 5.69 Å². The van der Waals surface area contributed by atoms with Gasteiger partial charge in [-0.2, -0.15) is 0 Å². The van der Waals surface area contributed by atoms with Crippen molar-refractivity contribution in [2.75, 3.05) is 0 Å². The van der Waals surface area contributed by atoms with Crippen molar-refractivity contribution >= 4 is 5.97 Å². The summed E-state index contributed by atoms with van der Waals surface area (Å²) in [6.07, 6.45) is -2.07. The Hall–Kier alpha value is -1.72. The average molecular weight is 203 g/mol. The van der Waals surface area contributed by atoms with Gasteiger partial charge in [-0.15, -0.1) is 0 Å².